The van der Waals surface area contributed by atoms with Crippen molar-refractivity contribution in [2.75, 3.05) is 61.0 Å². The van der Waals surface area contributed by atoms with Crippen LogP contribution in [0, 0.1) is 17.3 Å². The number of hydrazine groups is 1. The molecule has 15 nitrogen and oxygen atoms in total. The molecule has 0 spiro atoms. The number of nitrogens with one attached hydrogen (secondary N) is 2. The minimum Gasteiger partial charge on any atom is -0.464 e. The lowest BCUT2D eigenvalue weighted by Gasteiger charge is -2.47. The van der Waals surface area contributed by atoms with Crippen molar-refractivity contribution in [2.45, 2.75) is 116 Å². The largest absolute Gasteiger partial charge is 0.464 e. The summed E-state index contributed by atoms with van der Waals surface area (Å²) in [5, 5.41) is 21.4. The first-order chi connectivity index (χ1) is 31.2. The molecule has 3 aromatic rings. The number of aliphatic hydroxyl groups is 1. The number of aliphatic hydroxyl groups excluding tert-OH is 1. The summed E-state index contributed by atoms with van der Waals surface area (Å²) < 4.78 is 14.3. The van der Waals surface area contributed by atoms with Crippen LogP contribution in [0.2, 0.25) is 0 Å². The van der Waals surface area contributed by atoms with Gasteiger partial charge in [-0.3, -0.25) is 14.6 Å². The van der Waals surface area contributed by atoms with E-state index in [-0.39, 0.29) is 36.3 Å². The van der Waals surface area contributed by atoms with E-state index in [4.69, 9.17) is 32.4 Å². The number of hydrogen-bond donors (Lipinski definition) is 4. The molecule has 0 aliphatic carbocycles. The monoisotopic (exact) mass is 948 g/mol. The maximum Gasteiger partial charge on any atom is 0.324 e. The maximum absolute atomic E-state index is 14.7. The summed E-state index contributed by atoms with van der Waals surface area (Å²) in [5.41, 5.74) is 14.6. The number of aryl methyl sites for hydroxylation is 1. The molecule has 362 valence electrons. The Hall–Kier alpha value is -4.10. The van der Waals surface area contributed by atoms with Crippen LogP contribution in [-0.4, -0.2) is 148 Å². The van der Waals surface area contributed by atoms with Crippen LogP contribution in [0.15, 0.2) is 41.9 Å². The molecule has 2 fully saturated rings. The van der Waals surface area contributed by atoms with E-state index in [1.54, 1.807) is 30.3 Å². The number of thiocarbonyl (C=S) groups is 1. The highest BCUT2D eigenvalue weighted by Gasteiger charge is 2.47. The zero-order valence-electron chi connectivity index (χ0n) is 40.8. The number of thioether (sulfide) groups is 1. The van der Waals surface area contributed by atoms with Gasteiger partial charge in [-0.15, -0.1) is 11.8 Å². The van der Waals surface area contributed by atoms with Gasteiger partial charge in [0.05, 0.1) is 24.1 Å². The number of urea groups is 1. The third kappa shape index (κ3) is 11.1. The van der Waals surface area contributed by atoms with Gasteiger partial charge in [-0.25, -0.2) is 15.2 Å². The van der Waals surface area contributed by atoms with E-state index >= 15 is 0 Å². The van der Waals surface area contributed by atoms with Crippen LogP contribution < -0.4 is 16.5 Å². The quantitative estimate of drug-likeness (QED) is 0.130. The number of hydrogen-bond acceptors (Lipinski definition) is 13. The summed E-state index contributed by atoms with van der Waals surface area (Å²) in [5.74, 6) is -0.774. The molecule has 66 heavy (non-hydrogen) atoms. The lowest BCUT2D eigenvalue weighted by atomic mass is 9.84. The van der Waals surface area contributed by atoms with Crippen molar-refractivity contribution in [3.05, 3.63) is 58.8 Å². The van der Waals surface area contributed by atoms with Gasteiger partial charge < -0.3 is 44.9 Å². The first-order valence-corrected chi connectivity index (χ1v) is 24.7. The third-order valence-corrected chi connectivity index (χ3v) is 14.7. The highest BCUT2D eigenvalue weighted by atomic mass is 32.2. The molecule has 7 atom stereocenters. The minimum absolute atomic E-state index is 0.131. The molecule has 3 aliphatic rings. The molecular weight excluding hydrogens is 875 g/mol. The van der Waals surface area contributed by atoms with Crippen LogP contribution in [0.1, 0.15) is 90.7 Å². The molecule has 6 rings (SSSR count). The van der Waals surface area contributed by atoms with E-state index in [0.29, 0.717) is 57.1 Å². The summed E-state index contributed by atoms with van der Waals surface area (Å²) in [6, 6.07) is 8.49. The lowest BCUT2D eigenvalue weighted by Crippen LogP contribution is -2.71. The number of carbonyl (C=O) groups is 3. The summed E-state index contributed by atoms with van der Waals surface area (Å²) in [7, 11) is 7.38. The summed E-state index contributed by atoms with van der Waals surface area (Å²) in [4.78, 5) is 52.7. The Balaban J connectivity index is 1.39. The molecule has 2 saturated heterocycles. The van der Waals surface area contributed by atoms with E-state index in [1.165, 1.54) is 22.0 Å². The van der Waals surface area contributed by atoms with E-state index in [1.807, 2.05) is 59.3 Å². The minimum atomic E-state index is -1.51. The molecule has 5 heterocycles. The fourth-order valence-corrected chi connectivity index (χ4v) is 11.0. The van der Waals surface area contributed by atoms with Crippen molar-refractivity contribution >= 4 is 63.9 Å². The van der Waals surface area contributed by atoms with Gasteiger partial charge in [0, 0.05) is 97.2 Å². The maximum atomic E-state index is 14.7. The number of fused-ring (bicyclic) bond motifs is 3. The summed E-state index contributed by atoms with van der Waals surface area (Å²) in [6.45, 7) is 17.4. The number of nitrogens with zero attached hydrogens (tertiary/aromatic N) is 6. The van der Waals surface area contributed by atoms with Crippen LogP contribution in [0.25, 0.3) is 27.9 Å². The number of likely N-dealkylation sites (N-methyl/N-ethyl adjacent to an activating group) is 1. The normalized spacial score (nSPS) is 26.1. The van der Waals surface area contributed by atoms with Crippen LogP contribution in [0.3, 0.4) is 0 Å². The predicted octanol–water partition coefficient (Wildman–Crippen LogP) is 6.04. The first-order valence-electron chi connectivity index (χ1n) is 23.3. The van der Waals surface area contributed by atoms with Gasteiger partial charge >= 0.3 is 12.0 Å². The molecule has 3 amide bonds. The smallest absolute Gasteiger partial charge is 0.324 e. The predicted molar refractivity (Wildman–Crippen MR) is 267 cm³/mol. The van der Waals surface area contributed by atoms with Gasteiger partial charge in [0.25, 0.3) is 0 Å². The molecule has 1 aromatic carbocycles. The number of benzene rings is 1. The Morgan fingerprint density at radius 2 is 1.92 bits per heavy atom. The van der Waals surface area contributed by atoms with E-state index in [0.717, 1.165) is 45.5 Å². The van der Waals surface area contributed by atoms with Crippen LogP contribution in [0.4, 0.5) is 4.79 Å². The Morgan fingerprint density at radius 1 is 1.20 bits per heavy atom. The van der Waals surface area contributed by atoms with Crippen molar-refractivity contribution in [1.82, 2.24) is 40.0 Å². The Kier molecular flexibility index (Phi) is 16.7. The van der Waals surface area contributed by atoms with Gasteiger partial charge in [-0.1, -0.05) is 52.9 Å². The number of ether oxygens (including phenoxy) is 2. The first kappa shape index (κ1) is 51.3. The standard InChI is InChI=1S/C49H73N9O6S2/c1-12-57-40-18-17-34-21-36(40)37(43(57)35-15-13-19-51-41(35)32(5)63-11)23-48(6,7)28-64-45(60)39-16-14-20-58(53-39)46(61)49(29-65,22-31(4)66-27-38(34)50)52-44(59)42(30(2)3)55(10)47(62)56-25-33(26-56)24-54(8)9/h13,15,17-19,21,27,29-33,39,42,46,53,61H,12,14,16,20,22-26,28,50H2,1-11H3,(H,52,59)/b38-27-/t31?,32-,39-,42-,46?,49?/m0/s1. The van der Waals surface area contributed by atoms with Crippen molar-refractivity contribution in [1.29, 1.82) is 0 Å². The average Bonchev–Trinajstić information content (AvgIpc) is 3.58. The van der Waals surface area contributed by atoms with Crippen LogP contribution in [-0.2, 0) is 32.0 Å². The second kappa shape index (κ2) is 21.5. The van der Waals surface area contributed by atoms with Gasteiger partial charge in [0.2, 0.25) is 5.91 Å². The number of carbonyl (C=O) groups excluding carboxylic acids is 3. The van der Waals surface area contributed by atoms with Crippen molar-refractivity contribution in [3.8, 4) is 11.3 Å². The number of likely N-dealkylation sites (tertiary alicyclic amines) is 1. The van der Waals surface area contributed by atoms with E-state index < -0.39 is 41.1 Å². The van der Waals surface area contributed by atoms with Gasteiger partial charge in [-0.2, -0.15) is 0 Å². The van der Waals surface area contributed by atoms with Crippen LogP contribution in [0.5, 0.6) is 0 Å². The molecule has 17 heteroatoms. The molecular formula is C49H73N9O6S2. The van der Waals surface area contributed by atoms with E-state index in [2.05, 4.69) is 59.2 Å². The SMILES string of the molecule is CCn1c(-c2cccnc2[C@H](C)OC)c2c3cc(ccc31)/C(N)=C/SC(C)CC(C=S)(NC(=O)[C@H](C(C)C)N(C)C(=O)N1CC(CN(C)C)C1)C(O)N1CCC[C@H](N1)C(=O)OCC(C)(C)C2. The number of pyridine rings is 1. The van der Waals surface area contributed by atoms with Gasteiger partial charge in [0.1, 0.15) is 23.9 Å². The molecule has 4 bridgehead atoms. The second-order valence-corrected chi connectivity index (χ2v) is 21.5. The number of nitrogens with two attached hydrogens (primary N) is 1. The summed E-state index contributed by atoms with van der Waals surface area (Å²) in [6.07, 6.45) is 1.96. The Labute approximate surface area is 401 Å². The van der Waals surface area contributed by atoms with Gasteiger partial charge in [-0.05, 0) is 100 Å². The molecule has 0 radical (unpaired) electrons. The number of aromatic nitrogens is 2. The number of cyclic esters (lactones) is 1. The Bertz CT molecular complexity index is 2260. The zero-order valence-corrected chi connectivity index (χ0v) is 42.4. The average molecular weight is 948 g/mol. The number of amides is 3. The highest BCUT2D eigenvalue weighted by molar-refractivity contribution is 8.02. The number of methoxy groups -OCH3 is 1. The zero-order chi connectivity index (χ0) is 48.2. The van der Waals surface area contributed by atoms with Crippen molar-refractivity contribution < 1.29 is 29.0 Å². The fraction of sp³-hybridized carbons (Fsp3) is 0.612. The third-order valence-electron chi connectivity index (χ3n) is 13.3. The number of esters is 1. The molecule has 3 aliphatic heterocycles. The van der Waals surface area contributed by atoms with Gasteiger partial charge in [0.15, 0.2) is 0 Å². The van der Waals surface area contributed by atoms with E-state index in [9.17, 15) is 19.5 Å². The molecule has 5 N–H and O–H groups in total. The fourth-order valence-electron chi connectivity index (χ4n) is 9.88. The molecule has 2 aromatic heterocycles. The molecule has 0 saturated carbocycles. The van der Waals surface area contributed by atoms with Crippen molar-refractivity contribution in [2.24, 2.45) is 23.0 Å². The topological polar surface area (TPSA) is 171 Å². The molecule has 4 unspecified atom stereocenters. The van der Waals surface area contributed by atoms with Crippen molar-refractivity contribution in [3.63, 3.8) is 0 Å². The highest BCUT2D eigenvalue weighted by Crippen LogP contribution is 2.42. The lowest BCUT2D eigenvalue weighted by molar-refractivity contribution is -0.158. The second-order valence-electron chi connectivity index (χ2n) is 19.9. The summed E-state index contributed by atoms with van der Waals surface area (Å²) >= 11 is 7.25. The number of rotatable bonds is 11. The Morgan fingerprint density at radius 3 is 2.58 bits per heavy atom. The van der Waals surface area contributed by atoms with Crippen LogP contribution >= 0.6 is 24.0 Å².